The van der Waals surface area contributed by atoms with Crippen molar-refractivity contribution in [3.63, 3.8) is 0 Å². The van der Waals surface area contributed by atoms with Gasteiger partial charge in [0.25, 0.3) is 5.89 Å². The van der Waals surface area contributed by atoms with Crippen molar-refractivity contribution in [3.05, 3.63) is 40.6 Å². The van der Waals surface area contributed by atoms with Gasteiger partial charge in [0.2, 0.25) is 0 Å². The second-order valence-corrected chi connectivity index (χ2v) is 5.83. The van der Waals surface area contributed by atoms with E-state index in [4.69, 9.17) is 4.52 Å². The van der Waals surface area contributed by atoms with Gasteiger partial charge in [-0.3, -0.25) is 5.10 Å². The Bertz CT molecular complexity index is 758. The average molecular weight is 399 g/mol. The van der Waals surface area contributed by atoms with Crippen molar-refractivity contribution in [1.82, 2.24) is 25.7 Å². The summed E-state index contributed by atoms with van der Waals surface area (Å²) in [6, 6.07) is 10.2. The quantitative estimate of drug-likeness (QED) is 0.688. The molecule has 0 aliphatic rings. The van der Waals surface area contributed by atoms with Crippen molar-refractivity contribution in [1.29, 1.82) is 0 Å². The molecule has 0 radical (unpaired) electrons. The van der Waals surface area contributed by atoms with Crippen molar-refractivity contribution in [2.24, 2.45) is 0 Å². The first-order valence-electron chi connectivity index (χ1n) is 6.98. The van der Waals surface area contributed by atoms with E-state index in [9.17, 15) is 0 Å². The molecule has 2 aromatic heterocycles. The highest BCUT2D eigenvalue weighted by Crippen LogP contribution is 2.33. The Labute approximate surface area is 148 Å². The Morgan fingerprint density at radius 2 is 2.04 bits per heavy atom. The molecule has 0 aliphatic carbocycles. The molecule has 23 heavy (non-hydrogen) atoms. The minimum Gasteiger partial charge on any atom is -0.332 e. The molecule has 0 saturated heterocycles. The minimum atomic E-state index is 0. The second-order valence-electron chi connectivity index (χ2n) is 5.04. The third-order valence-electron chi connectivity index (χ3n) is 3.42. The molecule has 0 amide bonds. The number of likely N-dealkylation sites (N-methyl/N-ethyl adjacent to an activating group) is 1. The van der Waals surface area contributed by atoms with Crippen LogP contribution in [0.1, 0.15) is 12.7 Å². The SMILES string of the molecule is CNC(C)Cc1noc(-c2[nH]nc(-c3ccccc3)c2Br)n1.Cl. The van der Waals surface area contributed by atoms with E-state index in [-0.39, 0.29) is 18.4 Å². The highest BCUT2D eigenvalue weighted by atomic mass is 79.9. The fourth-order valence-corrected chi connectivity index (χ4v) is 2.65. The van der Waals surface area contributed by atoms with Crippen LogP contribution < -0.4 is 5.32 Å². The lowest BCUT2D eigenvalue weighted by Gasteiger charge is -2.04. The number of H-pyrrole nitrogens is 1. The second kappa shape index (κ2) is 7.72. The third kappa shape index (κ3) is 3.80. The summed E-state index contributed by atoms with van der Waals surface area (Å²) in [6.07, 6.45) is 0.706. The summed E-state index contributed by atoms with van der Waals surface area (Å²) in [7, 11) is 1.91. The number of aromatic nitrogens is 4. The van der Waals surface area contributed by atoms with Crippen LogP contribution in [0.25, 0.3) is 22.8 Å². The first kappa shape index (κ1) is 17.7. The fraction of sp³-hybridized carbons (Fsp3) is 0.267. The Hall–Kier alpha value is -1.70. The highest BCUT2D eigenvalue weighted by Gasteiger charge is 2.19. The number of hydrogen-bond donors (Lipinski definition) is 2. The predicted molar refractivity (Wildman–Crippen MR) is 94.5 cm³/mol. The molecule has 3 aromatic rings. The van der Waals surface area contributed by atoms with Crippen molar-refractivity contribution in [2.75, 3.05) is 7.05 Å². The molecule has 0 bridgehead atoms. The maximum Gasteiger partial charge on any atom is 0.277 e. The van der Waals surface area contributed by atoms with Crippen molar-refractivity contribution in [2.45, 2.75) is 19.4 Å². The maximum atomic E-state index is 5.34. The fourth-order valence-electron chi connectivity index (χ4n) is 2.07. The monoisotopic (exact) mass is 397 g/mol. The number of halogens is 2. The van der Waals surface area contributed by atoms with Crippen LogP contribution in [-0.4, -0.2) is 33.4 Å². The van der Waals surface area contributed by atoms with Crippen LogP contribution in [-0.2, 0) is 6.42 Å². The predicted octanol–water partition coefficient (Wildman–Crippen LogP) is 3.46. The van der Waals surface area contributed by atoms with Gasteiger partial charge in [-0.25, -0.2) is 0 Å². The molecular weight excluding hydrogens is 382 g/mol. The first-order valence-corrected chi connectivity index (χ1v) is 7.78. The van der Waals surface area contributed by atoms with Crippen molar-refractivity contribution < 1.29 is 4.52 Å². The smallest absolute Gasteiger partial charge is 0.277 e. The molecule has 3 rings (SSSR count). The highest BCUT2D eigenvalue weighted by molar-refractivity contribution is 9.10. The topological polar surface area (TPSA) is 79.6 Å². The van der Waals surface area contributed by atoms with Crippen LogP contribution in [0.5, 0.6) is 0 Å². The van der Waals surface area contributed by atoms with Gasteiger partial charge in [0, 0.05) is 18.0 Å². The van der Waals surface area contributed by atoms with Gasteiger partial charge in [-0.05, 0) is 29.9 Å². The molecule has 2 N–H and O–H groups in total. The molecular formula is C15H17BrClN5O. The molecule has 0 saturated carbocycles. The third-order valence-corrected chi connectivity index (χ3v) is 4.19. The summed E-state index contributed by atoms with van der Waals surface area (Å²) in [4.78, 5) is 4.42. The van der Waals surface area contributed by atoms with Crippen molar-refractivity contribution >= 4 is 28.3 Å². The zero-order valence-corrected chi connectivity index (χ0v) is 15.1. The standard InChI is InChI=1S/C15H16BrN5O.ClH/c1-9(17-2)8-11-18-15(22-21-11)14-12(16)13(19-20-14)10-6-4-3-5-7-10;/h3-7,9,17H,8H2,1-2H3,(H,19,20);1H. The molecule has 2 heterocycles. The van der Waals surface area contributed by atoms with Crippen LogP contribution >= 0.6 is 28.3 Å². The van der Waals surface area contributed by atoms with E-state index < -0.39 is 0 Å². The lowest BCUT2D eigenvalue weighted by Crippen LogP contribution is -2.24. The zero-order chi connectivity index (χ0) is 15.5. The maximum absolute atomic E-state index is 5.34. The normalized spacial score (nSPS) is 12.0. The van der Waals surface area contributed by atoms with Crippen LogP contribution in [0, 0.1) is 0 Å². The average Bonchev–Trinajstić information content (AvgIpc) is 3.14. The van der Waals surface area contributed by atoms with Gasteiger partial charge in [0.15, 0.2) is 5.82 Å². The lowest BCUT2D eigenvalue weighted by atomic mass is 10.1. The Morgan fingerprint density at radius 1 is 1.30 bits per heavy atom. The Balaban J connectivity index is 0.00000192. The summed E-state index contributed by atoms with van der Waals surface area (Å²) in [6.45, 7) is 2.07. The van der Waals surface area contributed by atoms with Crippen molar-refractivity contribution in [3.8, 4) is 22.8 Å². The van der Waals surface area contributed by atoms with Gasteiger partial charge in [0.05, 0.1) is 4.47 Å². The van der Waals surface area contributed by atoms with E-state index in [1.807, 2.05) is 37.4 Å². The summed E-state index contributed by atoms with van der Waals surface area (Å²) in [5.74, 6) is 1.10. The lowest BCUT2D eigenvalue weighted by molar-refractivity contribution is 0.417. The number of hydrogen-bond acceptors (Lipinski definition) is 5. The van der Waals surface area contributed by atoms with E-state index in [0.29, 0.717) is 23.8 Å². The largest absolute Gasteiger partial charge is 0.332 e. The Morgan fingerprint density at radius 3 is 2.74 bits per heavy atom. The van der Waals surface area contributed by atoms with Crippen LogP contribution in [0.3, 0.4) is 0 Å². The number of aromatic amines is 1. The molecule has 122 valence electrons. The van der Waals surface area contributed by atoms with E-state index in [0.717, 1.165) is 15.7 Å². The van der Waals surface area contributed by atoms with Crippen LogP contribution in [0.2, 0.25) is 0 Å². The van der Waals surface area contributed by atoms with Crippen LogP contribution in [0.15, 0.2) is 39.3 Å². The molecule has 1 aromatic carbocycles. The number of rotatable bonds is 5. The van der Waals surface area contributed by atoms with E-state index in [1.54, 1.807) is 0 Å². The minimum absolute atomic E-state index is 0. The summed E-state index contributed by atoms with van der Waals surface area (Å²) < 4.78 is 6.15. The molecule has 0 aliphatic heterocycles. The van der Waals surface area contributed by atoms with Crippen LogP contribution in [0.4, 0.5) is 0 Å². The van der Waals surface area contributed by atoms with Gasteiger partial charge in [0.1, 0.15) is 11.4 Å². The van der Waals surface area contributed by atoms with Gasteiger partial charge >= 0.3 is 0 Å². The molecule has 6 nitrogen and oxygen atoms in total. The molecule has 8 heteroatoms. The molecule has 0 fully saturated rings. The van der Waals surface area contributed by atoms with Gasteiger partial charge < -0.3 is 9.84 Å². The molecule has 1 atom stereocenters. The zero-order valence-electron chi connectivity index (χ0n) is 12.7. The van der Waals surface area contributed by atoms with E-state index in [2.05, 4.69) is 48.5 Å². The number of nitrogens with zero attached hydrogens (tertiary/aromatic N) is 3. The van der Waals surface area contributed by atoms with E-state index >= 15 is 0 Å². The molecule has 1 unspecified atom stereocenters. The number of nitrogens with one attached hydrogen (secondary N) is 2. The van der Waals surface area contributed by atoms with Gasteiger partial charge in [-0.15, -0.1) is 12.4 Å². The summed E-state index contributed by atoms with van der Waals surface area (Å²) in [5.41, 5.74) is 2.52. The summed E-state index contributed by atoms with van der Waals surface area (Å²) in [5, 5.41) is 14.5. The van der Waals surface area contributed by atoms with Gasteiger partial charge in [-0.1, -0.05) is 35.5 Å². The summed E-state index contributed by atoms with van der Waals surface area (Å²) >= 11 is 3.56. The first-order chi connectivity index (χ1) is 10.7. The molecule has 0 spiro atoms. The van der Waals surface area contributed by atoms with Gasteiger partial charge in [-0.2, -0.15) is 10.1 Å². The number of benzene rings is 1. The Kier molecular flexibility index (Phi) is 5.92. The van der Waals surface area contributed by atoms with E-state index in [1.165, 1.54) is 0 Å².